The number of fused-ring (bicyclic) bond motifs is 1. The first-order valence-electron chi connectivity index (χ1n) is 7.36. The van der Waals surface area contributed by atoms with Crippen LogP contribution in [0.1, 0.15) is 22.4 Å². The van der Waals surface area contributed by atoms with Gasteiger partial charge in [0.2, 0.25) is 0 Å². The molecule has 0 aliphatic heterocycles. The fourth-order valence-electron chi connectivity index (χ4n) is 2.92. The summed E-state index contributed by atoms with van der Waals surface area (Å²) < 4.78 is 2.18. The van der Waals surface area contributed by atoms with Crippen molar-refractivity contribution >= 4 is 5.65 Å². The lowest BCUT2D eigenvalue weighted by molar-refractivity contribution is 0.905. The van der Waals surface area contributed by atoms with E-state index in [9.17, 15) is 0 Å². The molecule has 0 saturated carbocycles. The number of nitrogens with two attached hydrogens (primary N) is 1. The molecule has 2 N–H and O–H groups in total. The van der Waals surface area contributed by atoms with E-state index in [1.807, 2.05) is 0 Å². The first-order valence-corrected chi connectivity index (χ1v) is 7.36. The topological polar surface area (TPSA) is 43.3 Å². The molecule has 1 aromatic carbocycles. The molecule has 0 radical (unpaired) electrons. The maximum Gasteiger partial charge on any atom is 0.140 e. The lowest BCUT2D eigenvalue weighted by atomic mass is 10.0. The third kappa shape index (κ3) is 2.34. The molecule has 0 unspecified atom stereocenters. The minimum Gasteiger partial charge on any atom is -0.330 e. The molecular formula is C18H21N3. The van der Waals surface area contributed by atoms with E-state index in [0.29, 0.717) is 6.54 Å². The summed E-state index contributed by atoms with van der Waals surface area (Å²) in [6, 6.07) is 10.7. The highest BCUT2D eigenvalue weighted by atomic mass is 15.0. The Morgan fingerprint density at radius 2 is 1.90 bits per heavy atom. The van der Waals surface area contributed by atoms with Crippen molar-refractivity contribution in [3.63, 3.8) is 0 Å². The third-order valence-electron chi connectivity index (χ3n) is 3.96. The minimum absolute atomic E-state index is 0.625. The van der Waals surface area contributed by atoms with Gasteiger partial charge in [0.1, 0.15) is 5.65 Å². The van der Waals surface area contributed by atoms with Crippen LogP contribution in [-0.2, 0) is 6.42 Å². The van der Waals surface area contributed by atoms with Gasteiger partial charge < -0.3 is 10.1 Å². The zero-order valence-electron chi connectivity index (χ0n) is 12.9. The molecule has 108 valence electrons. The molecule has 2 heterocycles. The summed E-state index contributed by atoms with van der Waals surface area (Å²) in [6.45, 7) is 6.98. The number of hydrogen-bond donors (Lipinski definition) is 1. The van der Waals surface area contributed by atoms with Gasteiger partial charge in [-0.1, -0.05) is 29.8 Å². The quantitative estimate of drug-likeness (QED) is 0.798. The van der Waals surface area contributed by atoms with Crippen molar-refractivity contribution in [2.75, 3.05) is 6.54 Å². The van der Waals surface area contributed by atoms with Crippen LogP contribution in [0.4, 0.5) is 0 Å². The monoisotopic (exact) mass is 279 g/mol. The summed E-state index contributed by atoms with van der Waals surface area (Å²) in [5.74, 6) is 0. The van der Waals surface area contributed by atoms with Crippen LogP contribution >= 0.6 is 0 Å². The predicted molar refractivity (Wildman–Crippen MR) is 87.6 cm³/mol. The van der Waals surface area contributed by atoms with Crippen LogP contribution in [0.3, 0.4) is 0 Å². The number of rotatable bonds is 3. The molecule has 0 bridgehead atoms. The molecule has 3 nitrogen and oxygen atoms in total. The maximum absolute atomic E-state index is 5.82. The van der Waals surface area contributed by atoms with Crippen LogP contribution in [0, 0.1) is 20.8 Å². The van der Waals surface area contributed by atoms with E-state index in [1.165, 1.54) is 27.9 Å². The second-order valence-electron chi connectivity index (χ2n) is 5.65. The van der Waals surface area contributed by atoms with E-state index in [2.05, 4.69) is 61.7 Å². The molecule has 3 heteroatoms. The van der Waals surface area contributed by atoms with Crippen molar-refractivity contribution in [1.82, 2.24) is 9.38 Å². The second-order valence-corrected chi connectivity index (χ2v) is 5.65. The van der Waals surface area contributed by atoms with Crippen molar-refractivity contribution < 1.29 is 0 Å². The summed E-state index contributed by atoms with van der Waals surface area (Å²) in [5.41, 5.74) is 14.0. The lowest BCUT2D eigenvalue weighted by Crippen LogP contribution is -2.06. The summed E-state index contributed by atoms with van der Waals surface area (Å²) in [5, 5.41) is 0. The van der Waals surface area contributed by atoms with Crippen molar-refractivity contribution in [3.8, 4) is 11.3 Å². The molecule has 0 fully saturated rings. The lowest BCUT2D eigenvalue weighted by Gasteiger charge is -2.07. The second kappa shape index (κ2) is 5.34. The van der Waals surface area contributed by atoms with Crippen LogP contribution in [0.25, 0.3) is 16.9 Å². The first-order chi connectivity index (χ1) is 10.1. The van der Waals surface area contributed by atoms with Gasteiger partial charge in [-0.15, -0.1) is 0 Å². The van der Waals surface area contributed by atoms with Crippen LogP contribution in [0.15, 0.2) is 36.5 Å². The number of imidazole rings is 1. The molecule has 0 aliphatic rings. The summed E-state index contributed by atoms with van der Waals surface area (Å²) in [4.78, 5) is 4.90. The van der Waals surface area contributed by atoms with Crippen molar-refractivity contribution in [3.05, 3.63) is 58.9 Å². The molecule has 0 spiro atoms. The number of benzene rings is 1. The smallest absolute Gasteiger partial charge is 0.140 e. The van der Waals surface area contributed by atoms with E-state index in [0.717, 1.165) is 17.8 Å². The molecule has 2 aromatic heterocycles. The van der Waals surface area contributed by atoms with Gasteiger partial charge in [-0.25, -0.2) is 4.98 Å². The van der Waals surface area contributed by atoms with E-state index < -0.39 is 0 Å². The molecule has 3 aromatic rings. The van der Waals surface area contributed by atoms with Crippen molar-refractivity contribution in [2.24, 2.45) is 5.73 Å². The molecule has 0 atom stereocenters. The molecule has 0 amide bonds. The Balaban J connectivity index is 2.30. The number of pyridine rings is 1. The van der Waals surface area contributed by atoms with Gasteiger partial charge in [-0.2, -0.15) is 0 Å². The first kappa shape index (κ1) is 13.8. The van der Waals surface area contributed by atoms with Crippen LogP contribution < -0.4 is 5.73 Å². The van der Waals surface area contributed by atoms with E-state index in [4.69, 9.17) is 10.7 Å². The molecular weight excluding hydrogens is 258 g/mol. The van der Waals surface area contributed by atoms with Gasteiger partial charge in [-0.05, 0) is 44.5 Å². The molecule has 0 saturated heterocycles. The zero-order chi connectivity index (χ0) is 15.0. The highest BCUT2D eigenvalue weighted by molar-refractivity contribution is 5.71. The van der Waals surface area contributed by atoms with Crippen molar-refractivity contribution in [2.45, 2.75) is 27.2 Å². The average molecular weight is 279 g/mol. The summed E-state index contributed by atoms with van der Waals surface area (Å²) in [6.07, 6.45) is 2.90. The Hall–Kier alpha value is -2.13. The Morgan fingerprint density at radius 3 is 2.62 bits per heavy atom. The Morgan fingerprint density at radius 1 is 1.10 bits per heavy atom. The van der Waals surface area contributed by atoms with Crippen LogP contribution in [-0.4, -0.2) is 15.9 Å². The van der Waals surface area contributed by atoms with Crippen LogP contribution in [0.2, 0.25) is 0 Å². The molecule has 0 aliphatic carbocycles. The maximum atomic E-state index is 5.82. The van der Waals surface area contributed by atoms with E-state index >= 15 is 0 Å². The van der Waals surface area contributed by atoms with Crippen molar-refractivity contribution in [1.29, 1.82) is 0 Å². The van der Waals surface area contributed by atoms with Gasteiger partial charge in [0.25, 0.3) is 0 Å². The number of aromatic nitrogens is 2. The highest BCUT2D eigenvalue weighted by Crippen LogP contribution is 2.29. The number of aryl methyl sites for hydroxylation is 3. The summed E-state index contributed by atoms with van der Waals surface area (Å²) >= 11 is 0. The zero-order valence-corrected chi connectivity index (χ0v) is 12.9. The molecule has 3 rings (SSSR count). The third-order valence-corrected chi connectivity index (χ3v) is 3.96. The average Bonchev–Trinajstić information content (AvgIpc) is 2.80. The van der Waals surface area contributed by atoms with E-state index in [1.54, 1.807) is 0 Å². The van der Waals surface area contributed by atoms with Gasteiger partial charge >= 0.3 is 0 Å². The molecule has 21 heavy (non-hydrogen) atoms. The largest absolute Gasteiger partial charge is 0.330 e. The van der Waals surface area contributed by atoms with Gasteiger partial charge in [0.05, 0.1) is 11.4 Å². The van der Waals surface area contributed by atoms with Gasteiger partial charge in [0.15, 0.2) is 0 Å². The minimum atomic E-state index is 0.625. The number of hydrogen-bond acceptors (Lipinski definition) is 2. The van der Waals surface area contributed by atoms with Gasteiger partial charge in [0, 0.05) is 18.2 Å². The predicted octanol–water partition coefficient (Wildman–Crippen LogP) is 3.43. The fraction of sp³-hybridized carbons (Fsp3) is 0.278. The SMILES string of the molecule is Cc1ccc(-c2nc3c(C)cccn3c2CCN)c(C)c1. The standard InChI is InChI=1S/C18H21N3/c1-12-6-7-15(14(3)11-12)17-16(8-9-19)21-10-4-5-13(2)18(21)20-17/h4-7,10-11H,8-9,19H2,1-3H3. The normalized spacial score (nSPS) is 11.2. The number of nitrogens with zero attached hydrogens (tertiary/aromatic N) is 2. The van der Waals surface area contributed by atoms with E-state index in [-0.39, 0.29) is 0 Å². The fourth-order valence-corrected chi connectivity index (χ4v) is 2.92. The Labute approximate surface area is 125 Å². The van der Waals surface area contributed by atoms with Gasteiger partial charge in [-0.3, -0.25) is 0 Å². The Bertz CT molecular complexity index is 800. The Kier molecular flexibility index (Phi) is 3.52. The summed E-state index contributed by atoms with van der Waals surface area (Å²) in [7, 11) is 0. The highest BCUT2D eigenvalue weighted by Gasteiger charge is 2.15. The van der Waals surface area contributed by atoms with Crippen LogP contribution in [0.5, 0.6) is 0 Å².